The molecule has 0 saturated heterocycles. The number of hydrogen-bond donors (Lipinski definition) is 0. The lowest BCUT2D eigenvalue weighted by molar-refractivity contribution is 0.379. The highest BCUT2D eigenvalue weighted by Gasteiger charge is 2.31. The van der Waals surface area contributed by atoms with Crippen molar-refractivity contribution in [1.29, 1.82) is 0 Å². The Bertz CT molecular complexity index is 2770. The molecule has 6 aromatic rings. The highest BCUT2D eigenvalue weighted by Crippen LogP contribution is 2.51. The number of benzene rings is 6. The van der Waals surface area contributed by atoms with Gasteiger partial charge >= 0.3 is 17.2 Å². The first-order valence-electron chi connectivity index (χ1n) is 25.7. The molecule has 6 aromatic carbocycles. The number of hydrogen-bond acceptors (Lipinski definition) is 6. The van der Waals surface area contributed by atoms with Gasteiger partial charge in [0.05, 0.1) is 0 Å². The minimum Gasteiger partial charge on any atom is -0.408 e. The first kappa shape index (κ1) is 56.3. The van der Waals surface area contributed by atoms with E-state index in [1.54, 1.807) is 0 Å². The van der Waals surface area contributed by atoms with Crippen LogP contribution in [-0.2, 0) is 12.8 Å². The van der Waals surface area contributed by atoms with Crippen LogP contribution < -0.4 is 27.1 Å². The largest absolute Gasteiger partial charge is 0.530 e. The van der Waals surface area contributed by atoms with Gasteiger partial charge < -0.3 is 27.1 Å². The van der Waals surface area contributed by atoms with Gasteiger partial charge in [0.25, 0.3) is 0 Å². The van der Waals surface area contributed by atoms with Crippen LogP contribution in [0.25, 0.3) is 0 Å². The van der Waals surface area contributed by atoms with Gasteiger partial charge in [0.15, 0.2) is 0 Å². The summed E-state index contributed by atoms with van der Waals surface area (Å²) < 4.78 is 42.5. The minimum atomic E-state index is -1.97. The fraction of sp³-hybridized carbons (Fsp3) is 0.438. The van der Waals surface area contributed by atoms with Gasteiger partial charge in [-0.3, -0.25) is 0 Å². The normalized spacial score (nSPS) is 11.6. The van der Waals surface area contributed by atoms with Crippen LogP contribution in [0.3, 0.4) is 0 Å². The molecule has 0 aromatic heterocycles. The maximum Gasteiger partial charge on any atom is 0.530 e. The molecule has 0 atom stereocenters. The maximum atomic E-state index is 7.28. The van der Waals surface area contributed by atoms with E-state index in [-0.39, 0.29) is 5.92 Å². The van der Waals surface area contributed by atoms with E-state index in [1.807, 2.05) is 0 Å². The van der Waals surface area contributed by atoms with Crippen LogP contribution in [0.15, 0.2) is 24.3 Å². The SMILES string of the molecule is Cc1cc(OP(Oc2cc(C)c(C)c(C)c2C)Oc2c(C)c(C)c(C)c(C)c2CC(C)Cc2c(C)c(C)c(C)c(C)c2OP(Oc2cc(C)c(C)c(C)c2C)Oc2cc(C)c(C)c(C)c2C)c(C)c(C)c1C. The molecule has 0 radical (unpaired) electrons. The Morgan fingerprint density at radius 3 is 0.708 bits per heavy atom. The van der Waals surface area contributed by atoms with E-state index in [0.29, 0.717) is 0 Å². The van der Waals surface area contributed by atoms with Crippen molar-refractivity contribution in [3.8, 4) is 34.5 Å². The smallest absolute Gasteiger partial charge is 0.408 e. The molecule has 0 heterocycles. The van der Waals surface area contributed by atoms with Crippen LogP contribution >= 0.6 is 17.2 Å². The van der Waals surface area contributed by atoms with Crippen LogP contribution in [0.2, 0.25) is 0 Å². The predicted octanol–water partition coefficient (Wildman–Crippen LogP) is 19.0. The Labute approximate surface area is 437 Å². The van der Waals surface area contributed by atoms with Gasteiger partial charge in [0, 0.05) is 0 Å². The Morgan fingerprint density at radius 2 is 0.472 bits per heavy atom. The minimum absolute atomic E-state index is 0.166. The average molecular weight is 1010 g/mol. The fourth-order valence-electron chi connectivity index (χ4n) is 9.88. The second-order valence-corrected chi connectivity index (χ2v) is 23.4. The summed E-state index contributed by atoms with van der Waals surface area (Å²) in [4.78, 5) is 0. The van der Waals surface area contributed by atoms with Crippen molar-refractivity contribution in [1.82, 2.24) is 0 Å². The zero-order valence-corrected chi connectivity index (χ0v) is 50.4. The summed E-state index contributed by atoms with van der Waals surface area (Å²) >= 11 is 0. The van der Waals surface area contributed by atoms with Crippen LogP contribution in [0.1, 0.15) is 152 Å². The molecule has 0 aliphatic rings. The Balaban J connectivity index is 1.44. The zero-order chi connectivity index (χ0) is 53.7. The second kappa shape index (κ2) is 22.2. The molecular weight excluding hydrogens is 927 g/mol. The molecule has 0 saturated carbocycles. The fourth-order valence-corrected chi connectivity index (χ4v) is 12.3. The molecule has 6 rings (SSSR count). The second-order valence-electron chi connectivity index (χ2n) is 21.4. The van der Waals surface area contributed by atoms with Crippen molar-refractivity contribution >= 4 is 17.2 Å². The molecule has 0 aliphatic heterocycles. The Morgan fingerprint density at radius 1 is 0.264 bits per heavy atom. The standard InChI is InChI=1S/C64H84O6P2/c1-32(26-57-49(18)45(14)47(16)55(24)63(57)69-71(65-59-28-33(2)37(6)41(10)51(59)20)66-60-29-34(3)38(7)42(11)52(60)21)27-58-50(19)46(15)48(17)56(25)64(58)70-72(67-61-30-35(4)39(8)43(12)53(61)22)68-62-31-36(5)40(9)44(13)54(62)23/h28-32H,26-27H2,1-25H3. The summed E-state index contributed by atoms with van der Waals surface area (Å²) in [5.74, 6) is 4.94. The van der Waals surface area contributed by atoms with Gasteiger partial charge in [0.1, 0.15) is 34.5 Å². The molecule has 72 heavy (non-hydrogen) atoms. The topological polar surface area (TPSA) is 55.4 Å². The molecule has 6 nitrogen and oxygen atoms in total. The molecule has 386 valence electrons. The summed E-state index contributed by atoms with van der Waals surface area (Å²) in [6.45, 7) is 54.5. The van der Waals surface area contributed by atoms with E-state index in [1.165, 1.54) is 111 Å². The third-order valence-corrected chi connectivity index (χ3v) is 19.4. The third-order valence-electron chi connectivity index (χ3n) is 17.4. The first-order chi connectivity index (χ1) is 33.6. The molecule has 0 bridgehead atoms. The van der Waals surface area contributed by atoms with Crippen LogP contribution in [0.5, 0.6) is 34.5 Å². The number of aryl methyl sites for hydroxylation is 4. The molecule has 8 heteroatoms. The van der Waals surface area contributed by atoms with Crippen LogP contribution in [-0.4, -0.2) is 0 Å². The van der Waals surface area contributed by atoms with E-state index >= 15 is 0 Å². The monoisotopic (exact) mass is 1010 g/mol. The Hall–Kier alpha value is -5.02. The van der Waals surface area contributed by atoms with Crippen LogP contribution in [0.4, 0.5) is 0 Å². The van der Waals surface area contributed by atoms with Crippen molar-refractivity contribution < 1.29 is 27.1 Å². The summed E-state index contributed by atoms with van der Waals surface area (Å²) in [7, 11) is -3.94. The lowest BCUT2D eigenvalue weighted by Crippen LogP contribution is -2.14. The van der Waals surface area contributed by atoms with Gasteiger partial charge in [-0.15, -0.1) is 0 Å². The van der Waals surface area contributed by atoms with E-state index in [0.717, 1.165) is 80.7 Å². The summed E-state index contributed by atoms with van der Waals surface area (Å²) in [6, 6.07) is 8.51. The van der Waals surface area contributed by atoms with E-state index in [4.69, 9.17) is 27.1 Å². The lowest BCUT2D eigenvalue weighted by atomic mass is 9.84. The molecule has 0 fully saturated rings. The summed E-state index contributed by atoms with van der Waals surface area (Å²) in [6.07, 6.45) is 1.51. The van der Waals surface area contributed by atoms with Gasteiger partial charge in [-0.1, -0.05) is 6.92 Å². The van der Waals surface area contributed by atoms with Gasteiger partial charge in [-0.2, -0.15) is 0 Å². The average Bonchev–Trinajstić information content (AvgIpc) is 3.34. The zero-order valence-electron chi connectivity index (χ0n) is 48.6. The van der Waals surface area contributed by atoms with Crippen molar-refractivity contribution in [2.45, 2.75) is 186 Å². The Kier molecular flexibility index (Phi) is 17.4. The van der Waals surface area contributed by atoms with Crippen molar-refractivity contribution in [2.75, 3.05) is 0 Å². The summed E-state index contributed by atoms with van der Waals surface area (Å²) in [5.41, 5.74) is 30.8. The van der Waals surface area contributed by atoms with Gasteiger partial charge in [0.2, 0.25) is 0 Å². The molecular formula is C64H84O6P2. The van der Waals surface area contributed by atoms with E-state index < -0.39 is 17.2 Å². The molecule has 0 amide bonds. The van der Waals surface area contributed by atoms with Crippen molar-refractivity contribution in [3.63, 3.8) is 0 Å². The van der Waals surface area contributed by atoms with Crippen LogP contribution in [0, 0.1) is 172 Å². The van der Waals surface area contributed by atoms with Gasteiger partial charge in [-0.05, 0) is 354 Å². The van der Waals surface area contributed by atoms with E-state index in [2.05, 4.69) is 197 Å². The molecule has 0 N–H and O–H groups in total. The molecule has 0 spiro atoms. The highest BCUT2D eigenvalue weighted by atomic mass is 31.2. The quantitative estimate of drug-likeness (QED) is 0.0901. The lowest BCUT2D eigenvalue weighted by Gasteiger charge is -2.28. The van der Waals surface area contributed by atoms with E-state index in [9.17, 15) is 0 Å². The van der Waals surface area contributed by atoms with Gasteiger partial charge in [-0.25, -0.2) is 0 Å². The molecule has 0 aliphatic carbocycles. The van der Waals surface area contributed by atoms with Crippen molar-refractivity contribution in [3.05, 3.63) is 169 Å². The third kappa shape index (κ3) is 11.1. The summed E-state index contributed by atoms with van der Waals surface area (Å²) in [5, 5.41) is 0. The molecule has 0 unspecified atom stereocenters. The predicted molar refractivity (Wildman–Crippen MR) is 307 cm³/mol. The highest BCUT2D eigenvalue weighted by molar-refractivity contribution is 7.43. The number of rotatable bonds is 16. The maximum absolute atomic E-state index is 7.28. The first-order valence-corrected chi connectivity index (χ1v) is 27.9. The van der Waals surface area contributed by atoms with Crippen molar-refractivity contribution in [2.24, 2.45) is 5.92 Å².